The Morgan fingerprint density at radius 3 is 2.84 bits per heavy atom. The van der Waals surface area contributed by atoms with Gasteiger partial charge in [0.1, 0.15) is 0 Å². The number of hydrogen-bond donors (Lipinski definition) is 3. The van der Waals surface area contributed by atoms with Crippen molar-refractivity contribution in [1.82, 2.24) is 20.4 Å². The van der Waals surface area contributed by atoms with Crippen LogP contribution >= 0.6 is 0 Å². The lowest BCUT2D eigenvalue weighted by molar-refractivity contribution is -0.122. The fourth-order valence-corrected chi connectivity index (χ4v) is 6.52. The molecule has 1 amide bonds. The van der Waals surface area contributed by atoms with Gasteiger partial charge in [0.25, 0.3) is 12.4 Å². The third-order valence-electron chi connectivity index (χ3n) is 5.50. The molecule has 168 valence electrons. The van der Waals surface area contributed by atoms with Gasteiger partial charge in [-0.2, -0.15) is 5.10 Å². The molecule has 1 aromatic heterocycles. The monoisotopic (exact) mass is 454 g/mol. The van der Waals surface area contributed by atoms with Gasteiger partial charge >= 0.3 is 0 Å². The summed E-state index contributed by atoms with van der Waals surface area (Å²) in [5.74, 6) is -0.895. The van der Waals surface area contributed by atoms with Crippen molar-refractivity contribution in [2.24, 2.45) is 5.92 Å². The van der Waals surface area contributed by atoms with E-state index in [1.54, 1.807) is 12.1 Å². The highest BCUT2D eigenvalue weighted by atomic mass is 32.2. The third-order valence-corrected chi connectivity index (χ3v) is 7.74. The summed E-state index contributed by atoms with van der Waals surface area (Å²) in [6.07, 6.45) is 2.86. The Hall–Kier alpha value is -2.99. The summed E-state index contributed by atoms with van der Waals surface area (Å²) in [5, 5.41) is 15.5. The van der Waals surface area contributed by atoms with Crippen LogP contribution in [0.4, 0.5) is 4.39 Å². The number of fused-ring (bicyclic) bond motifs is 1. The number of carboxylic acid groups (broad SMARTS) is 1. The van der Waals surface area contributed by atoms with Gasteiger partial charge in [-0.15, -0.1) is 0 Å². The molecule has 3 heterocycles. The topological polar surface area (TPSA) is 142 Å². The van der Waals surface area contributed by atoms with Crippen LogP contribution in [0.2, 0.25) is 0 Å². The Balaban J connectivity index is 0.000000858. The quantitative estimate of drug-likeness (QED) is 0.547. The standard InChI is InChI=1S/C18H21FN4O4S.CH2O2/c1-27-17-11(3-2-4-14(17)19)7-23-8-13-15(10-28(25,26)16(13)9-23)22-18(24)12-5-20-21-6-12;2-1-3/h2-6,13,15-16H,7-10H2,1H3,(H,20,21)(H,22,24);1H,(H,2,3)/t13-,15+,16-;/m0./s1. The van der Waals surface area contributed by atoms with Gasteiger partial charge < -0.3 is 15.2 Å². The SMILES string of the molecule is COc1c(F)cccc1CN1C[C@H]2[C@H](NC(=O)c3cn[nH]c3)CS(=O)(=O)[C@H]2C1.O=CO. The number of hydrogen-bond acceptors (Lipinski definition) is 7. The molecule has 10 nitrogen and oxygen atoms in total. The lowest BCUT2D eigenvalue weighted by Gasteiger charge is -2.21. The minimum Gasteiger partial charge on any atom is -0.493 e. The summed E-state index contributed by atoms with van der Waals surface area (Å²) in [4.78, 5) is 22.7. The highest BCUT2D eigenvalue weighted by Crippen LogP contribution is 2.36. The number of benzene rings is 1. The summed E-state index contributed by atoms with van der Waals surface area (Å²) in [7, 11) is -1.91. The first-order valence-electron chi connectivity index (χ1n) is 9.43. The van der Waals surface area contributed by atoms with Gasteiger partial charge in [0.15, 0.2) is 21.4 Å². The van der Waals surface area contributed by atoms with E-state index in [9.17, 15) is 17.6 Å². The fourth-order valence-electron chi connectivity index (χ4n) is 4.20. The zero-order valence-corrected chi connectivity index (χ0v) is 17.5. The first-order chi connectivity index (χ1) is 14.8. The molecule has 31 heavy (non-hydrogen) atoms. The molecule has 3 N–H and O–H groups in total. The summed E-state index contributed by atoms with van der Waals surface area (Å²) in [5.41, 5.74) is 1.03. The van der Waals surface area contributed by atoms with Gasteiger partial charge in [-0.25, -0.2) is 12.8 Å². The molecule has 0 unspecified atom stereocenters. The Labute approximate surface area is 178 Å². The minimum absolute atomic E-state index is 0.0664. The number of methoxy groups -OCH3 is 1. The molecule has 1 aromatic carbocycles. The van der Waals surface area contributed by atoms with Gasteiger partial charge in [-0.3, -0.25) is 19.6 Å². The highest BCUT2D eigenvalue weighted by Gasteiger charge is 2.52. The first-order valence-corrected chi connectivity index (χ1v) is 11.1. The predicted octanol–water partition coefficient (Wildman–Crippen LogP) is 0.286. The van der Waals surface area contributed by atoms with Crippen LogP contribution in [0.25, 0.3) is 0 Å². The van der Waals surface area contributed by atoms with Gasteiger partial charge in [0.05, 0.1) is 29.9 Å². The average molecular weight is 454 g/mol. The van der Waals surface area contributed by atoms with Crippen LogP contribution in [0.15, 0.2) is 30.6 Å². The number of nitrogens with zero attached hydrogens (tertiary/aromatic N) is 2. The van der Waals surface area contributed by atoms with Crippen LogP contribution in [0, 0.1) is 11.7 Å². The number of H-pyrrole nitrogens is 1. The van der Waals surface area contributed by atoms with Crippen molar-refractivity contribution in [2.45, 2.75) is 17.8 Å². The van der Waals surface area contributed by atoms with Crippen LogP contribution in [0.3, 0.4) is 0 Å². The number of para-hydroxylation sites is 1. The van der Waals surface area contributed by atoms with Crippen LogP contribution in [0.1, 0.15) is 15.9 Å². The van der Waals surface area contributed by atoms with Crippen LogP contribution in [0.5, 0.6) is 5.75 Å². The highest BCUT2D eigenvalue weighted by molar-refractivity contribution is 7.92. The van der Waals surface area contributed by atoms with Gasteiger partial charge in [0.2, 0.25) is 0 Å². The molecule has 0 bridgehead atoms. The molecule has 3 atom stereocenters. The maximum absolute atomic E-state index is 13.9. The summed E-state index contributed by atoms with van der Waals surface area (Å²) < 4.78 is 44.3. The second kappa shape index (κ2) is 9.43. The predicted molar refractivity (Wildman–Crippen MR) is 108 cm³/mol. The number of carbonyl (C=O) groups is 2. The largest absolute Gasteiger partial charge is 0.493 e. The number of rotatable bonds is 5. The summed E-state index contributed by atoms with van der Waals surface area (Å²) in [6, 6.07) is 4.24. The average Bonchev–Trinajstić information content (AvgIpc) is 3.42. The van der Waals surface area contributed by atoms with Crippen molar-refractivity contribution < 1.29 is 32.2 Å². The molecule has 2 aromatic rings. The number of halogens is 1. The molecular weight excluding hydrogens is 431 g/mol. The Morgan fingerprint density at radius 2 is 2.19 bits per heavy atom. The van der Waals surface area contributed by atoms with E-state index in [4.69, 9.17) is 14.6 Å². The Morgan fingerprint density at radius 1 is 1.45 bits per heavy atom. The van der Waals surface area contributed by atoms with Crippen molar-refractivity contribution in [3.63, 3.8) is 0 Å². The van der Waals surface area contributed by atoms with E-state index in [1.165, 1.54) is 25.6 Å². The zero-order valence-electron chi connectivity index (χ0n) is 16.7. The maximum atomic E-state index is 13.9. The van der Waals surface area contributed by atoms with E-state index in [-0.39, 0.29) is 29.8 Å². The number of nitrogens with one attached hydrogen (secondary N) is 2. The second-order valence-corrected chi connectivity index (χ2v) is 9.60. The smallest absolute Gasteiger partial charge is 0.290 e. The lowest BCUT2D eigenvalue weighted by Crippen LogP contribution is -2.41. The molecule has 0 saturated carbocycles. The number of likely N-dealkylation sites (tertiary alicyclic amines) is 1. The molecule has 0 radical (unpaired) electrons. The number of carbonyl (C=O) groups excluding carboxylic acids is 1. The van der Waals surface area contributed by atoms with Crippen molar-refractivity contribution in [1.29, 1.82) is 0 Å². The number of aromatic nitrogens is 2. The first kappa shape index (κ1) is 22.7. The van der Waals surface area contributed by atoms with Gasteiger partial charge in [-0.05, 0) is 6.07 Å². The number of amides is 1. The number of aromatic amines is 1. The second-order valence-electron chi connectivity index (χ2n) is 7.33. The van der Waals surface area contributed by atoms with E-state index in [1.807, 2.05) is 4.90 Å². The lowest BCUT2D eigenvalue weighted by atomic mass is 10.0. The van der Waals surface area contributed by atoms with Crippen LogP contribution < -0.4 is 10.1 Å². The van der Waals surface area contributed by atoms with Gasteiger partial charge in [0, 0.05) is 43.4 Å². The number of ether oxygens (including phenoxy) is 1. The van der Waals surface area contributed by atoms with E-state index < -0.39 is 26.9 Å². The van der Waals surface area contributed by atoms with E-state index in [0.29, 0.717) is 30.8 Å². The van der Waals surface area contributed by atoms with E-state index >= 15 is 0 Å². The molecule has 2 aliphatic rings. The van der Waals surface area contributed by atoms with Crippen molar-refractivity contribution in [3.8, 4) is 5.75 Å². The number of sulfone groups is 1. The molecule has 4 rings (SSSR count). The molecule has 2 fully saturated rings. The van der Waals surface area contributed by atoms with Crippen LogP contribution in [-0.4, -0.2) is 78.2 Å². The maximum Gasteiger partial charge on any atom is 0.290 e. The van der Waals surface area contributed by atoms with Crippen LogP contribution in [-0.2, 0) is 21.2 Å². The summed E-state index contributed by atoms with van der Waals surface area (Å²) >= 11 is 0. The normalized spacial score (nSPS) is 24.0. The molecule has 2 saturated heterocycles. The summed E-state index contributed by atoms with van der Waals surface area (Å²) in [6.45, 7) is 0.983. The molecule has 0 spiro atoms. The van der Waals surface area contributed by atoms with E-state index in [2.05, 4.69) is 15.5 Å². The molecule has 0 aliphatic carbocycles. The zero-order chi connectivity index (χ0) is 22.6. The Bertz CT molecular complexity index is 1030. The third kappa shape index (κ3) is 4.85. The van der Waals surface area contributed by atoms with Crippen molar-refractivity contribution >= 4 is 22.2 Å². The molecule has 2 aliphatic heterocycles. The Kier molecular flexibility index (Phi) is 6.91. The van der Waals surface area contributed by atoms with Crippen molar-refractivity contribution in [2.75, 3.05) is 26.0 Å². The molecular formula is C19H23FN4O6S. The van der Waals surface area contributed by atoms with Gasteiger partial charge in [-0.1, -0.05) is 12.1 Å². The molecule has 12 heteroatoms. The fraction of sp³-hybridized carbons (Fsp3) is 0.421. The van der Waals surface area contributed by atoms with Crippen molar-refractivity contribution in [3.05, 3.63) is 47.5 Å². The van der Waals surface area contributed by atoms with E-state index in [0.717, 1.165) is 0 Å². The minimum atomic E-state index is -3.32.